The molecule has 2 N–H and O–H groups in total. The van der Waals surface area contributed by atoms with Gasteiger partial charge in [-0.25, -0.2) is 0 Å². The van der Waals surface area contributed by atoms with Crippen LogP contribution in [0.1, 0.15) is 25.3 Å². The highest BCUT2D eigenvalue weighted by Crippen LogP contribution is 2.25. The lowest BCUT2D eigenvalue weighted by atomic mass is 10.0. The molecular formula is C13H20N2. The number of rotatable bonds is 3. The molecule has 1 heterocycles. The Kier molecular flexibility index (Phi) is 3.27. The van der Waals surface area contributed by atoms with Crippen molar-refractivity contribution in [3.8, 4) is 0 Å². The minimum absolute atomic E-state index is 0.244. The van der Waals surface area contributed by atoms with Gasteiger partial charge in [0.25, 0.3) is 0 Å². The Morgan fingerprint density at radius 1 is 1.27 bits per heavy atom. The van der Waals surface area contributed by atoms with E-state index in [4.69, 9.17) is 5.73 Å². The molecule has 0 unspecified atom stereocenters. The highest BCUT2D eigenvalue weighted by molar-refractivity contribution is 5.54. The van der Waals surface area contributed by atoms with Crippen LogP contribution in [0.4, 0.5) is 5.69 Å². The van der Waals surface area contributed by atoms with E-state index in [1.807, 2.05) is 0 Å². The van der Waals surface area contributed by atoms with E-state index in [1.54, 1.807) is 0 Å². The van der Waals surface area contributed by atoms with Gasteiger partial charge in [-0.2, -0.15) is 0 Å². The maximum atomic E-state index is 5.87. The highest BCUT2D eigenvalue weighted by atomic mass is 15.1. The second-order valence-corrected chi connectivity index (χ2v) is 4.50. The second kappa shape index (κ2) is 4.67. The zero-order chi connectivity index (χ0) is 10.7. The fourth-order valence-electron chi connectivity index (χ4n) is 2.30. The predicted octanol–water partition coefficient (Wildman–Crippen LogP) is 2.18. The summed E-state index contributed by atoms with van der Waals surface area (Å²) in [6.45, 7) is 4.48. The van der Waals surface area contributed by atoms with Gasteiger partial charge in [0.1, 0.15) is 0 Å². The summed E-state index contributed by atoms with van der Waals surface area (Å²) in [4.78, 5) is 2.48. The minimum Gasteiger partial charge on any atom is -0.371 e. The molecule has 0 radical (unpaired) electrons. The number of benzene rings is 1. The molecule has 0 bridgehead atoms. The van der Waals surface area contributed by atoms with Crippen LogP contribution in [-0.2, 0) is 6.42 Å². The first kappa shape index (κ1) is 10.5. The molecule has 15 heavy (non-hydrogen) atoms. The number of hydrogen-bond donors (Lipinski definition) is 1. The van der Waals surface area contributed by atoms with Crippen molar-refractivity contribution < 1.29 is 0 Å². The van der Waals surface area contributed by atoms with E-state index in [1.165, 1.54) is 37.2 Å². The molecule has 0 aliphatic carbocycles. The molecule has 2 nitrogen and oxygen atoms in total. The number of nitrogens with two attached hydrogens (primary N) is 1. The Labute approximate surface area is 92.1 Å². The van der Waals surface area contributed by atoms with Gasteiger partial charge in [0, 0.05) is 24.8 Å². The van der Waals surface area contributed by atoms with Crippen LogP contribution in [-0.4, -0.2) is 19.1 Å². The van der Waals surface area contributed by atoms with Gasteiger partial charge < -0.3 is 10.6 Å². The number of nitrogens with zero attached hydrogens (tertiary/aromatic N) is 1. The van der Waals surface area contributed by atoms with E-state index in [0.29, 0.717) is 0 Å². The maximum Gasteiger partial charge on any atom is 0.0399 e. The van der Waals surface area contributed by atoms with Gasteiger partial charge in [-0.1, -0.05) is 18.2 Å². The fraction of sp³-hybridized carbons (Fsp3) is 0.538. The summed E-state index contributed by atoms with van der Waals surface area (Å²) in [6, 6.07) is 8.91. The van der Waals surface area contributed by atoms with Crippen molar-refractivity contribution in [2.24, 2.45) is 5.73 Å². The number of anilines is 1. The van der Waals surface area contributed by atoms with Gasteiger partial charge in [-0.05, 0) is 37.8 Å². The van der Waals surface area contributed by atoms with Crippen LogP contribution in [0.5, 0.6) is 0 Å². The smallest absolute Gasteiger partial charge is 0.0399 e. The van der Waals surface area contributed by atoms with Crippen LogP contribution < -0.4 is 10.6 Å². The van der Waals surface area contributed by atoms with Gasteiger partial charge >= 0.3 is 0 Å². The molecule has 0 saturated carbocycles. The molecule has 1 atom stereocenters. The predicted molar refractivity (Wildman–Crippen MR) is 65.2 cm³/mol. The molecule has 1 aliphatic rings. The van der Waals surface area contributed by atoms with E-state index in [9.17, 15) is 0 Å². The molecule has 0 amide bonds. The molecule has 0 aromatic heterocycles. The lowest BCUT2D eigenvalue weighted by Crippen LogP contribution is -2.23. The number of hydrogen-bond acceptors (Lipinski definition) is 2. The monoisotopic (exact) mass is 204 g/mol. The maximum absolute atomic E-state index is 5.87. The molecule has 1 aromatic rings. The van der Waals surface area contributed by atoms with Gasteiger partial charge in [0.15, 0.2) is 0 Å². The Morgan fingerprint density at radius 3 is 2.60 bits per heavy atom. The summed E-state index contributed by atoms with van der Waals surface area (Å²) in [5.74, 6) is 0. The fourth-order valence-corrected chi connectivity index (χ4v) is 2.30. The van der Waals surface area contributed by atoms with Crippen molar-refractivity contribution in [3.05, 3.63) is 29.8 Å². The zero-order valence-corrected chi connectivity index (χ0v) is 9.45. The van der Waals surface area contributed by atoms with Crippen molar-refractivity contribution in [1.29, 1.82) is 0 Å². The summed E-state index contributed by atoms with van der Waals surface area (Å²) in [5.41, 5.74) is 8.67. The lowest BCUT2D eigenvalue weighted by molar-refractivity contribution is 0.735. The highest BCUT2D eigenvalue weighted by Gasteiger charge is 2.15. The van der Waals surface area contributed by atoms with E-state index < -0.39 is 0 Å². The van der Waals surface area contributed by atoms with E-state index in [2.05, 4.69) is 36.1 Å². The van der Waals surface area contributed by atoms with Crippen LogP contribution in [0.3, 0.4) is 0 Å². The summed E-state index contributed by atoms with van der Waals surface area (Å²) >= 11 is 0. The average Bonchev–Trinajstić information content (AvgIpc) is 2.70. The van der Waals surface area contributed by atoms with Crippen molar-refractivity contribution >= 4 is 5.69 Å². The Hall–Kier alpha value is -1.02. The number of para-hydroxylation sites is 1. The molecule has 1 fully saturated rings. The van der Waals surface area contributed by atoms with Gasteiger partial charge in [-0.3, -0.25) is 0 Å². The SMILES string of the molecule is C[C@H](N)Cc1ccccc1N1CCCC1. The van der Waals surface area contributed by atoms with Crippen LogP contribution >= 0.6 is 0 Å². The first-order valence-corrected chi connectivity index (χ1v) is 5.86. The van der Waals surface area contributed by atoms with Crippen molar-refractivity contribution in [2.45, 2.75) is 32.2 Å². The molecule has 1 aromatic carbocycles. The topological polar surface area (TPSA) is 29.3 Å². The third-order valence-electron chi connectivity index (χ3n) is 2.98. The van der Waals surface area contributed by atoms with Gasteiger partial charge in [-0.15, -0.1) is 0 Å². The van der Waals surface area contributed by atoms with Crippen LogP contribution in [0.2, 0.25) is 0 Å². The van der Waals surface area contributed by atoms with Gasteiger partial charge in [0.05, 0.1) is 0 Å². The van der Waals surface area contributed by atoms with Crippen LogP contribution in [0, 0.1) is 0 Å². The summed E-state index contributed by atoms with van der Waals surface area (Å²) in [5, 5.41) is 0. The van der Waals surface area contributed by atoms with E-state index in [0.717, 1.165) is 6.42 Å². The standard InChI is InChI=1S/C13H20N2/c1-11(14)10-12-6-2-3-7-13(12)15-8-4-5-9-15/h2-3,6-7,11H,4-5,8-10,14H2,1H3/t11-/m0/s1. The molecule has 0 spiro atoms. The Balaban J connectivity index is 2.20. The summed E-state index contributed by atoms with van der Waals surface area (Å²) in [6.07, 6.45) is 3.63. The molecule has 1 aliphatic heterocycles. The first-order valence-electron chi connectivity index (χ1n) is 5.86. The molecule has 2 rings (SSSR count). The zero-order valence-electron chi connectivity index (χ0n) is 9.45. The largest absolute Gasteiger partial charge is 0.371 e. The minimum atomic E-state index is 0.244. The van der Waals surface area contributed by atoms with Crippen molar-refractivity contribution in [2.75, 3.05) is 18.0 Å². The van der Waals surface area contributed by atoms with Crippen LogP contribution in [0.15, 0.2) is 24.3 Å². The Morgan fingerprint density at radius 2 is 1.93 bits per heavy atom. The third-order valence-corrected chi connectivity index (χ3v) is 2.98. The molecule has 82 valence electrons. The Bertz CT molecular complexity index is 314. The average molecular weight is 204 g/mol. The molecular weight excluding hydrogens is 184 g/mol. The van der Waals surface area contributed by atoms with Crippen molar-refractivity contribution in [1.82, 2.24) is 0 Å². The van der Waals surface area contributed by atoms with E-state index in [-0.39, 0.29) is 6.04 Å². The normalized spacial score (nSPS) is 18.1. The lowest BCUT2D eigenvalue weighted by Gasteiger charge is -2.22. The third kappa shape index (κ3) is 2.51. The second-order valence-electron chi connectivity index (χ2n) is 4.50. The summed E-state index contributed by atoms with van der Waals surface area (Å²) < 4.78 is 0. The molecule has 1 saturated heterocycles. The van der Waals surface area contributed by atoms with E-state index >= 15 is 0 Å². The molecule has 2 heteroatoms. The first-order chi connectivity index (χ1) is 7.27. The van der Waals surface area contributed by atoms with Crippen LogP contribution in [0.25, 0.3) is 0 Å². The van der Waals surface area contributed by atoms with Gasteiger partial charge in [0.2, 0.25) is 0 Å². The quantitative estimate of drug-likeness (QED) is 0.817. The summed E-state index contributed by atoms with van der Waals surface area (Å²) in [7, 11) is 0. The van der Waals surface area contributed by atoms with Crippen molar-refractivity contribution in [3.63, 3.8) is 0 Å².